The number of anilines is 1. The van der Waals surface area contributed by atoms with Crippen LogP contribution in [0.15, 0.2) is 30.6 Å². The summed E-state index contributed by atoms with van der Waals surface area (Å²) < 4.78 is 0. The summed E-state index contributed by atoms with van der Waals surface area (Å²) in [6, 6.07) is 3.32. The van der Waals surface area contributed by atoms with E-state index in [2.05, 4.69) is 5.32 Å². The lowest BCUT2D eigenvalue weighted by atomic mass is 10.2. The number of aromatic hydroxyl groups is 1. The average Bonchev–Trinajstić information content (AvgIpc) is 2.20. The van der Waals surface area contributed by atoms with Gasteiger partial charge in [-0.1, -0.05) is 0 Å². The Balaban J connectivity index is 2.90. The Morgan fingerprint density at radius 1 is 1.31 bits per heavy atom. The third-order valence-electron chi connectivity index (χ3n) is 1.63. The van der Waals surface area contributed by atoms with E-state index in [9.17, 15) is 25.3 Å². The van der Waals surface area contributed by atoms with Gasteiger partial charge in [0.15, 0.2) is 0 Å². The van der Waals surface area contributed by atoms with Crippen LogP contribution in [0.2, 0.25) is 0 Å². The summed E-state index contributed by atoms with van der Waals surface area (Å²) in [5.41, 5.74) is -0.206. The molecule has 0 saturated carbocycles. The van der Waals surface area contributed by atoms with Crippen LogP contribution in [0.3, 0.4) is 0 Å². The van der Waals surface area contributed by atoms with Crippen molar-refractivity contribution in [3.63, 3.8) is 0 Å². The first-order valence-electron chi connectivity index (χ1n) is 4.05. The second-order valence-corrected chi connectivity index (χ2v) is 2.70. The Hall–Kier alpha value is -2.64. The molecule has 8 heteroatoms. The van der Waals surface area contributed by atoms with Gasteiger partial charge in [-0.15, -0.1) is 0 Å². The number of benzene rings is 1. The Kier molecular flexibility index (Phi) is 3.38. The zero-order valence-corrected chi connectivity index (χ0v) is 7.86. The van der Waals surface area contributed by atoms with E-state index in [0.29, 0.717) is 6.20 Å². The van der Waals surface area contributed by atoms with Gasteiger partial charge in [0.05, 0.1) is 21.7 Å². The molecule has 0 radical (unpaired) electrons. The van der Waals surface area contributed by atoms with Crippen LogP contribution >= 0.6 is 0 Å². The van der Waals surface area contributed by atoms with E-state index in [4.69, 9.17) is 0 Å². The van der Waals surface area contributed by atoms with Crippen molar-refractivity contribution < 1.29 is 15.0 Å². The van der Waals surface area contributed by atoms with Crippen LogP contribution in [-0.2, 0) is 0 Å². The SMILES string of the molecule is O=[N+]([O-])/C=C/Nc1cc([N+](=O)[O-])ccc1O. The number of nitro benzene ring substituents is 1. The molecule has 0 amide bonds. The molecule has 0 heterocycles. The Labute approximate surface area is 89.1 Å². The minimum absolute atomic E-state index is 0.0206. The highest BCUT2D eigenvalue weighted by molar-refractivity contribution is 5.61. The largest absolute Gasteiger partial charge is 0.506 e. The van der Waals surface area contributed by atoms with Crippen molar-refractivity contribution in [3.05, 3.63) is 50.8 Å². The lowest BCUT2D eigenvalue weighted by molar-refractivity contribution is -0.402. The topological polar surface area (TPSA) is 119 Å². The average molecular weight is 225 g/mol. The van der Waals surface area contributed by atoms with Crippen molar-refractivity contribution in [2.75, 3.05) is 5.32 Å². The van der Waals surface area contributed by atoms with Crippen molar-refractivity contribution >= 4 is 11.4 Å². The van der Waals surface area contributed by atoms with Gasteiger partial charge in [0, 0.05) is 12.1 Å². The summed E-state index contributed by atoms with van der Waals surface area (Å²) in [5, 5.41) is 32.0. The quantitative estimate of drug-likeness (QED) is 0.454. The minimum Gasteiger partial charge on any atom is -0.506 e. The number of non-ortho nitro benzene ring substituents is 1. The highest BCUT2D eigenvalue weighted by Crippen LogP contribution is 2.27. The lowest BCUT2D eigenvalue weighted by Gasteiger charge is -2.02. The van der Waals surface area contributed by atoms with Crippen LogP contribution < -0.4 is 5.32 Å². The van der Waals surface area contributed by atoms with Gasteiger partial charge in [-0.05, 0) is 6.07 Å². The van der Waals surface area contributed by atoms with E-state index >= 15 is 0 Å². The molecule has 16 heavy (non-hydrogen) atoms. The fourth-order valence-corrected chi connectivity index (χ4v) is 0.941. The third-order valence-corrected chi connectivity index (χ3v) is 1.63. The van der Waals surface area contributed by atoms with Crippen LogP contribution in [0, 0.1) is 20.2 Å². The molecule has 1 rings (SSSR count). The summed E-state index contributed by atoms with van der Waals surface area (Å²) in [5.74, 6) is -0.237. The molecule has 0 atom stereocenters. The fraction of sp³-hybridized carbons (Fsp3) is 0. The summed E-state index contributed by atoms with van der Waals surface area (Å²) >= 11 is 0. The molecule has 8 nitrogen and oxygen atoms in total. The van der Waals surface area contributed by atoms with E-state index in [-0.39, 0.29) is 17.1 Å². The first-order valence-corrected chi connectivity index (χ1v) is 4.05. The maximum atomic E-state index is 10.4. The predicted octanol–water partition coefficient (Wildman–Crippen LogP) is 1.46. The number of nitrogens with zero attached hydrogens (tertiary/aromatic N) is 2. The van der Waals surface area contributed by atoms with E-state index in [0.717, 1.165) is 24.4 Å². The minimum atomic E-state index is -0.707. The summed E-state index contributed by atoms with van der Waals surface area (Å²) in [7, 11) is 0. The van der Waals surface area contributed by atoms with Gasteiger partial charge in [-0.25, -0.2) is 0 Å². The lowest BCUT2D eigenvalue weighted by Crippen LogP contribution is -1.93. The van der Waals surface area contributed by atoms with Gasteiger partial charge in [0.2, 0.25) is 6.20 Å². The summed E-state index contributed by atoms with van der Waals surface area (Å²) in [6.07, 6.45) is 1.57. The molecular weight excluding hydrogens is 218 g/mol. The van der Waals surface area contributed by atoms with Crippen molar-refractivity contribution in [1.29, 1.82) is 0 Å². The molecule has 0 aromatic heterocycles. The molecule has 0 bridgehead atoms. The Bertz CT molecular complexity index is 457. The molecule has 0 aliphatic heterocycles. The summed E-state index contributed by atoms with van der Waals surface area (Å²) in [4.78, 5) is 19.0. The van der Waals surface area contributed by atoms with Crippen molar-refractivity contribution in [2.24, 2.45) is 0 Å². The third kappa shape index (κ3) is 2.94. The molecular formula is C8H7N3O5. The van der Waals surface area contributed by atoms with Crippen LogP contribution in [0.25, 0.3) is 0 Å². The van der Waals surface area contributed by atoms with E-state index in [1.165, 1.54) is 0 Å². The zero-order chi connectivity index (χ0) is 12.1. The first-order chi connectivity index (χ1) is 7.50. The summed E-state index contributed by atoms with van der Waals surface area (Å²) in [6.45, 7) is 0. The highest BCUT2D eigenvalue weighted by Gasteiger charge is 2.09. The van der Waals surface area contributed by atoms with Gasteiger partial charge < -0.3 is 10.4 Å². The van der Waals surface area contributed by atoms with Crippen LogP contribution in [0.1, 0.15) is 0 Å². The number of hydrogen-bond donors (Lipinski definition) is 2. The predicted molar refractivity (Wildman–Crippen MR) is 54.5 cm³/mol. The Morgan fingerprint density at radius 2 is 2.00 bits per heavy atom. The molecule has 0 spiro atoms. The monoisotopic (exact) mass is 225 g/mol. The van der Waals surface area contributed by atoms with E-state index < -0.39 is 9.85 Å². The van der Waals surface area contributed by atoms with Crippen LogP contribution in [0.5, 0.6) is 5.75 Å². The number of phenolic OH excluding ortho intramolecular Hbond substituents is 1. The van der Waals surface area contributed by atoms with E-state index in [1.54, 1.807) is 0 Å². The van der Waals surface area contributed by atoms with Crippen molar-refractivity contribution in [1.82, 2.24) is 0 Å². The molecule has 0 unspecified atom stereocenters. The van der Waals surface area contributed by atoms with Crippen molar-refractivity contribution in [3.8, 4) is 5.75 Å². The maximum Gasteiger partial charge on any atom is 0.271 e. The molecule has 1 aromatic rings. The number of phenols is 1. The second kappa shape index (κ2) is 4.73. The molecule has 0 aliphatic carbocycles. The molecule has 0 saturated heterocycles. The standard InChI is InChI=1S/C8H7N3O5/c12-8-2-1-6(11(15)16)5-7(8)9-3-4-10(13)14/h1-5,9,12H/b4-3+. The fourth-order valence-electron chi connectivity index (χ4n) is 0.941. The first kappa shape index (κ1) is 11.4. The van der Waals surface area contributed by atoms with E-state index in [1.807, 2.05) is 0 Å². The van der Waals surface area contributed by atoms with Gasteiger partial charge in [0.1, 0.15) is 5.75 Å². The highest BCUT2D eigenvalue weighted by atomic mass is 16.6. The molecule has 1 aromatic carbocycles. The van der Waals surface area contributed by atoms with Gasteiger partial charge in [0.25, 0.3) is 5.69 Å². The van der Waals surface area contributed by atoms with Gasteiger partial charge in [-0.3, -0.25) is 20.2 Å². The van der Waals surface area contributed by atoms with Gasteiger partial charge >= 0.3 is 0 Å². The second-order valence-electron chi connectivity index (χ2n) is 2.70. The molecule has 0 fully saturated rings. The number of nitro groups is 2. The normalized spacial score (nSPS) is 10.2. The molecule has 2 N–H and O–H groups in total. The Morgan fingerprint density at radius 3 is 2.56 bits per heavy atom. The number of nitrogens with one attached hydrogen (secondary N) is 1. The number of rotatable bonds is 4. The maximum absolute atomic E-state index is 10.4. The number of hydrogen-bond acceptors (Lipinski definition) is 6. The van der Waals surface area contributed by atoms with Crippen LogP contribution in [0.4, 0.5) is 11.4 Å². The van der Waals surface area contributed by atoms with Gasteiger partial charge in [-0.2, -0.15) is 0 Å². The molecule has 0 aliphatic rings. The smallest absolute Gasteiger partial charge is 0.271 e. The van der Waals surface area contributed by atoms with Crippen LogP contribution in [-0.4, -0.2) is 15.0 Å². The molecule has 84 valence electrons. The van der Waals surface area contributed by atoms with Crippen molar-refractivity contribution in [2.45, 2.75) is 0 Å². The zero-order valence-electron chi connectivity index (χ0n) is 7.86.